The third kappa shape index (κ3) is 2.20. The van der Waals surface area contributed by atoms with E-state index in [0.717, 1.165) is 36.4 Å². The fourth-order valence-corrected chi connectivity index (χ4v) is 2.39. The highest BCUT2D eigenvalue weighted by atomic mass is 16.5. The molecule has 1 aliphatic rings. The third-order valence-electron chi connectivity index (χ3n) is 3.50. The maximum Gasteiger partial charge on any atom is 0.239 e. The molecule has 3 rings (SSSR count). The first-order chi connectivity index (χ1) is 9.29. The first-order valence-corrected chi connectivity index (χ1v) is 6.33. The monoisotopic (exact) mass is 259 g/mol. The van der Waals surface area contributed by atoms with E-state index >= 15 is 0 Å². The van der Waals surface area contributed by atoms with Crippen molar-refractivity contribution in [2.24, 2.45) is 5.84 Å². The van der Waals surface area contributed by atoms with Gasteiger partial charge in [-0.2, -0.15) is 4.98 Å². The number of aromatic nitrogens is 2. The first-order valence-electron chi connectivity index (χ1n) is 6.33. The number of fused-ring (bicyclic) bond motifs is 1. The molecular formula is C13H17N5O. The summed E-state index contributed by atoms with van der Waals surface area (Å²) in [4.78, 5) is 11.0. The van der Waals surface area contributed by atoms with Crippen molar-refractivity contribution in [3.05, 3.63) is 24.3 Å². The van der Waals surface area contributed by atoms with Gasteiger partial charge in [0.1, 0.15) is 5.82 Å². The Morgan fingerprint density at radius 1 is 1.37 bits per heavy atom. The van der Waals surface area contributed by atoms with Crippen molar-refractivity contribution in [3.63, 3.8) is 0 Å². The lowest BCUT2D eigenvalue weighted by atomic mass is 10.2. The smallest absolute Gasteiger partial charge is 0.239 e. The normalized spacial score (nSPS) is 18.7. The van der Waals surface area contributed by atoms with E-state index < -0.39 is 0 Å². The average Bonchev–Trinajstić information content (AvgIpc) is 2.99. The molecule has 1 fully saturated rings. The Morgan fingerprint density at radius 3 is 2.95 bits per heavy atom. The number of likely N-dealkylation sites (N-methyl/N-ethyl adjacent to an activating group) is 1. The Morgan fingerprint density at radius 2 is 2.21 bits per heavy atom. The summed E-state index contributed by atoms with van der Waals surface area (Å²) in [6, 6.07) is 8.28. The summed E-state index contributed by atoms with van der Waals surface area (Å²) in [5.41, 5.74) is 3.41. The molecule has 6 nitrogen and oxygen atoms in total. The molecule has 1 aromatic carbocycles. The largest absolute Gasteiger partial charge is 0.379 e. The number of nitrogens with two attached hydrogens (primary N) is 1. The minimum Gasteiger partial charge on any atom is -0.379 e. The number of hydrazine groups is 1. The summed E-state index contributed by atoms with van der Waals surface area (Å²) >= 11 is 0. The zero-order chi connectivity index (χ0) is 13.2. The van der Waals surface area contributed by atoms with Gasteiger partial charge in [0, 0.05) is 19.0 Å². The van der Waals surface area contributed by atoms with E-state index in [2.05, 4.69) is 20.3 Å². The second kappa shape index (κ2) is 4.99. The SMILES string of the molecule is CN(c1nc(NN)nc2ccccc12)C1CCOC1. The van der Waals surface area contributed by atoms with Crippen molar-refractivity contribution >= 4 is 22.7 Å². The van der Waals surface area contributed by atoms with Crippen LogP contribution in [0.25, 0.3) is 10.9 Å². The van der Waals surface area contributed by atoms with Gasteiger partial charge in [-0.1, -0.05) is 12.1 Å². The predicted octanol–water partition coefficient (Wildman–Crippen LogP) is 1.14. The molecule has 0 amide bonds. The van der Waals surface area contributed by atoms with Crippen LogP contribution in [0.1, 0.15) is 6.42 Å². The quantitative estimate of drug-likeness (QED) is 0.636. The molecule has 1 saturated heterocycles. The van der Waals surface area contributed by atoms with Gasteiger partial charge in [0.25, 0.3) is 0 Å². The van der Waals surface area contributed by atoms with Crippen molar-refractivity contribution in [2.45, 2.75) is 12.5 Å². The number of anilines is 2. The number of hydrogen-bond donors (Lipinski definition) is 2. The average molecular weight is 259 g/mol. The molecule has 0 saturated carbocycles. The number of benzene rings is 1. The Kier molecular flexibility index (Phi) is 3.18. The fourth-order valence-electron chi connectivity index (χ4n) is 2.39. The molecule has 1 aromatic heterocycles. The van der Waals surface area contributed by atoms with Crippen molar-refractivity contribution in [3.8, 4) is 0 Å². The minimum atomic E-state index is 0.351. The highest BCUT2D eigenvalue weighted by molar-refractivity contribution is 5.90. The van der Waals surface area contributed by atoms with Crippen molar-refractivity contribution in [1.82, 2.24) is 9.97 Å². The lowest BCUT2D eigenvalue weighted by Gasteiger charge is -2.25. The number of ether oxygens (including phenoxy) is 1. The van der Waals surface area contributed by atoms with E-state index in [9.17, 15) is 0 Å². The highest BCUT2D eigenvalue weighted by Gasteiger charge is 2.23. The Balaban J connectivity index is 2.09. The van der Waals surface area contributed by atoms with Crippen LogP contribution in [-0.2, 0) is 4.74 Å². The number of hydrogen-bond acceptors (Lipinski definition) is 6. The standard InChI is InChI=1S/C13H17N5O/c1-18(9-6-7-19-8-9)12-10-4-2-3-5-11(10)15-13(16-12)17-14/h2-5,9H,6-8,14H2,1H3,(H,15,16,17). The molecule has 3 N–H and O–H groups in total. The van der Waals surface area contributed by atoms with E-state index in [1.807, 2.05) is 31.3 Å². The molecule has 2 aromatic rings. The summed E-state index contributed by atoms with van der Waals surface area (Å²) in [7, 11) is 2.04. The van der Waals surface area contributed by atoms with Crippen molar-refractivity contribution in [2.75, 3.05) is 30.6 Å². The lowest BCUT2D eigenvalue weighted by Crippen LogP contribution is -2.33. The second-order valence-electron chi connectivity index (χ2n) is 4.66. The van der Waals surface area contributed by atoms with E-state index in [-0.39, 0.29) is 0 Å². The van der Waals surface area contributed by atoms with Crippen molar-refractivity contribution < 1.29 is 4.74 Å². The van der Waals surface area contributed by atoms with Crippen LogP contribution in [0.2, 0.25) is 0 Å². The molecule has 2 heterocycles. The van der Waals surface area contributed by atoms with E-state index in [0.29, 0.717) is 12.0 Å². The van der Waals surface area contributed by atoms with Gasteiger partial charge in [-0.05, 0) is 18.6 Å². The first kappa shape index (κ1) is 12.1. The molecule has 1 unspecified atom stereocenters. The van der Waals surface area contributed by atoms with E-state index in [1.165, 1.54) is 0 Å². The molecular weight excluding hydrogens is 242 g/mol. The number of para-hydroxylation sites is 1. The van der Waals surface area contributed by atoms with Gasteiger partial charge < -0.3 is 9.64 Å². The van der Waals surface area contributed by atoms with E-state index in [4.69, 9.17) is 10.6 Å². The molecule has 6 heteroatoms. The van der Waals surface area contributed by atoms with Crippen LogP contribution >= 0.6 is 0 Å². The molecule has 0 radical (unpaired) electrons. The summed E-state index contributed by atoms with van der Waals surface area (Å²) in [5, 5.41) is 1.02. The van der Waals surface area contributed by atoms with Gasteiger partial charge in [-0.3, -0.25) is 5.43 Å². The van der Waals surface area contributed by atoms with Gasteiger partial charge in [0.15, 0.2) is 0 Å². The van der Waals surface area contributed by atoms with Crippen LogP contribution < -0.4 is 16.2 Å². The Bertz CT molecular complexity index is 582. The second-order valence-corrected chi connectivity index (χ2v) is 4.66. The van der Waals surface area contributed by atoms with Crippen LogP contribution in [0.3, 0.4) is 0 Å². The van der Waals surface area contributed by atoms with Gasteiger partial charge in [0.2, 0.25) is 5.95 Å². The zero-order valence-corrected chi connectivity index (χ0v) is 10.8. The van der Waals surface area contributed by atoms with Crippen molar-refractivity contribution in [1.29, 1.82) is 0 Å². The van der Waals surface area contributed by atoms with Crippen LogP contribution in [0.5, 0.6) is 0 Å². The van der Waals surface area contributed by atoms with Crippen LogP contribution in [0, 0.1) is 0 Å². The Labute approximate surface area is 111 Å². The summed E-state index contributed by atoms with van der Waals surface area (Å²) < 4.78 is 5.44. The van der Waals surface area contributed by atoms with Gasteiger partial charge >= 0.3 is 0 Å². The molecule has 1 aliphatic heterocycles. The molecule has 1 atom stereocenters. The maximum atomic E-state index is 5.45. The highest BCUT2D eigenvalue weighted by Crippen LogP contribution is 2.27. The van der Waals surface area contributed by atoms with Gasteiger partial charge in [-0.15, -0.1) is 0 Å². The number of nitrogen functional groups attached to an aromatic ring is 1. The topological polar surface area (TPSA) is 76.3 Å². The molecule has 100 valence electrons. The summed E-state index contributed by atoms with van der Waals surface area (Å²) in [5.74, 6) is 6.76. The Hall–Kier alpha value is -1.92. The number of rotatable bonds is 3. The van der Waals surface area contributed by atoms with Gasteiger partial charge in [0.05, 0.1) is 18.2 Å². The molecule has 0 spiro atoms. The van der Waals surface area contributed by atoms with E-state index in [1.54, 1.807) is 0 Å². The molecule has 0 aliphatic carbocycles. The van der Waals surface area contributed by atoms with Gasteiger partial charge in [-0.25, -0.2) is 10.8 Å². The summed E-state index contributed by atoms with van der Waals surface area (Å²) in [6.07, 6.45) is 1.01. The lowest BCUT2D eigenvalue weighted by molar-refractivity contribution is 0.193. The predicted molar refractivity (Wildman–Crippen MR) is 75.0 cm³/mol. The number of nitrogens with zero attached hydrogens (tertiary/aromatic N) is 3. The molecule has 19 heavy (non-hydrogen) atoms. The zero-order valence-electron chi connectivity index (χ0n) is 10.8. The maximum absolute atomic E-state index is 5.45. The van der Waals surface area contributed by atoms with Crippen LogP contribution in [0.4, 0.5) is 11.8 Å². The van der Waals surface area contributed by atoms with Crippen LogP contribution in [-0.4, -0.2) is 36.3 Å². The fraction of sp³-hybridized carbons (Fsp3) is 0.385. The minimum absolute atomic E-state index is 0.351. The number of nitrogens with one attached hydrogen (secondary N) is 1. The third-order valence-corrected chi connectivity index (χ3v) is 3.50. The molecule has 0 bridgehead atoms. The van der Waals surface area contributed by atoms with Crippen LogP contribution in [0.15, 0.2) is 24.3 Å². The summed E-state index contributed by atoms with van der Waals surface area (Å²) in [6.45, 7) is 1.54.